The van der Waals surface area contributed by atoms with E-state index in [0.717, 1.165) is 51.0 Å². The van der Waals surface area contributed by atoms with Gasteiger partial charge in [0.05, 0.1) is 10.6 Å². The minimum atomic E-state index is -0.332. The second-order valence-corrected chi connectivity index (χ2v) is 8.46. The predicted octanol–water partition coefficient (Wildman–Crippen LogP) is 2.53. The monoisotopic (exact) mass is 398 g/mol. The summed E-state index contributed by atoms with van der Waals surface area (Å²) in [6.45, 7) is 3.42. The number of amides is 2. The molecule has 6 nitrogen and oxygen atoms in total. The highest BCUT2D eigenvalue weighted by atomic mass is 32.1. The van der Waals surface area contributed by atoms with Crippen molar-refractivity contribution in [1.82, 2.24) is 20.1 Å². The minimum absolute atomic E-state index is 0.00517. The zero-order chi connectivity index (χ0) is 19.3. The van der Waals surface area contributed by atoms with Crippen LogP contribution in [-0.2, 0) is 11.3 Å². The van der Waals surface area contributed by atoms with Gasteiger partial charge in [-0.05, 0) is 49.3 Å². The van der Waals surface area contributed by atoms with Gasteiger partial charge in [-0.2, -0.15) is 0 Å². The lowest BCUT2D eigenvalue weighted by Crippen LogP contribution is -2.51. The number of hydrogen-bond acceptors (Lipinski definition) is 5. The number of likely N-dealkylation sites (tertiary alicyclic amines) is 2. The normalized spacial score (nSPS) is 21.0. The number of nitrogens with zero attached hydrogens (tertiary/aromatic N) is 3. The van der Waals surface area contributed by atoms with Crippen LogP contribution in [-0.4, -0.2) is 58.3 Å². The van der Waals surface area contributed by atoms with Gasteiger partial charge in [-0.1, -0.05) is 12.1 Å². The molecule has 2 aliphatic heterocycles. The number of carbonyl (C=O) groups is 2. The Morgan fingerprint density at radius 3 is 2.68 bits per heavy atom. The summed E-state index contributed by atoms with van der Waals surface area (Å²) in [7, 11) is 0. The summed E-state index contributed by atoms with van der Waals surface area (Å²) >= 11 is 1.43. The van der Waals surface area contributed by atoms with Crippen molar-refractivity contribution in [3.05, 3.63) is 52.5 Å². The van der Waals surface area contributed by atoms with Crippen molar-refractivity contribution in [3.8, 4) is 0 Å². The molecule has 4 rings (SSSR count). The molecule has 0 aromatic carbocycles. The number of nitrogens with one attached hydrogen (secondary N) is 1. The third kappa shape index (κ3) is 4.42. The maximum absolute atomic E-state index is 12.8. The average molecular weight is 399 g/mol. The van der Waals surface area contributed by atoms with Crippen molar-refractivity contribution in [2.75, 3.05) is 19.6 Å². The fraction of sp³-hybridized carbons (Fsp3) is 0.476. The zero-order valence-electron chi connectivity index (χ0n) is 15.9. The van der Waals surface area contributed by atoms with E-state index in [0.29, 0.717) is 11.4 Å². The molecule has 1 atom stereocenters. The topological polar surface area (TPSA) is 65.5 Å². The van der Waals surface area contributed by atoms with Crippen LogP contribution in [0.4, 0.5) is 0 Å². The van der Waals surface area contributed by atoms with Gasteiger partial charge in [0, 0.05) is 38.4 Å². The Hall–Kier alpha value is -2.25. The van der Waals surface area contributed by atoms with E-state index >= 15 is 0 Å². The summed E-state index contributed by atoms with van der Waals surface area (Å²) in [6.07, 6.45) is 5.33. The smallest absolute Gasteiger partial charge is 0.264 e. The molecule has 2 fully saturated rings. The highest BCUT2D eigenvalue weighted by Gasteiger charge is 2.36. The molecule has 148 valence electrons. The van der Waals surface area contributed by atoms with Gasteiger partial charge in [0.25, 0.3) is 5.91 Å². The van der Waals surface area contributed by atoms with E-state index in [1.807, 2.05) is 41.9 Å². The fourth-order valence-electron chi connectivity index (χ4n) is 4.08. The van der Waals surface area contributed by atoms with Gasteiger partial charge in [-0.25, -0.2) is 0 Å². The molecule has 2 amide bonds. The van der Waals surface area contributed by atoms with Crippen LogP contribution >= 0.6 is 11.3 Å². The van der Waals surface area contributed by atoms with Gasteiger partial charge >= 0.3 is 0 Å². The van der Waals surface area contributed by atoms with Crippen LogP contribution in [0.3, 0.4) is 0 Å². The Kier molecular flexibility index (Phi) is 6.02. The maximum atomic E-state index is 12.8. The van der Waals surface area contributed by atoms with Crippen LogP contribution in [0.25, 0.3) is 0 Å². The van der Waals surface area contributed by atoms with E-state index in [2.05, 4.69) is 15.2 Å². The molecule has 0 radical (unpaired) electrons. The molecular formula is C21H26N4O2S. The summed E-state index contributed by atoms with van der Waals surface area (Å²) in [5.41, 5.74) is 1.08. The van der Waals surface area contributed by atoms with Crippen molar-refractivity contribution in [1.29, 1.82) is 0 Å². The number of rotatable bonds is 5. The van der Waals surface area contributed by atoms with E-state index in [1.54, 1.807) is 4.90 Å². The van der Waals surface area contributed by atoms with Crippen LogP contribution < -0.4 is 5.32 Å². The third-order valence-corrected chi connectivity index (χ3v) is 6.45. The van der Waals surface area contributed by atoms with Crippen molar-refractivity contribution in [2.45, 2.75) is 44.3 Å². The van der Waals surface area contributed by atoms with E-state index in [9.17, 15) is 9.59 Å². The summed E-state index contributed by atoms with van der Waals surface area (Å²) in [5.74, 6) is -0.0107. The highest BCUT2D eigenvalue weighted by molar-refractivity contribution is 7.12. The van der Waals surface area contributed by atoms with E-state index in [-0.39, 0.29) is 23.9 Å². The van der Waals surface area contributed by atoms with Gasteiger partial charge in [0.2, 0.25) is 5.91 Å². The lowest BCUT2D eigenvalue weighted by Gasteiger charge is -2.33. The Balaban J connectivity index is 1.27. The SMILES string of the molecule is O=C(NC1CCN(Cc2ccccn2)CC1)[C@@H]1CCCN1C(=O)c1cccs1. The number of pyridine rings is 1. The number of carbonyl (C=O) groups excluding carboxylic acids is 2. The van der Waals surface area contributed by atoms with Crippen molar-refractivity contribution in [3.63, 3.8) is 0 Å². The Morgan fingerprint density at radius 2 is 1.96 bits per heavy atom. The molecule has 2 saturated heterocycles. The minimum Gasteiger partial charge on any atom is -0.351 e. The first-order valence-corrected chi connectivity index (χ1v) is 10.9. The molecule has 0 saturated carbocycles. The summed E-state index contributed by atoms with van der Waals surface area (Å²) < 4.78 is 0. The van der Waals surface area contributed by atoms with E-state index in [1.165, 1.54) is 11.3 Å². The first kappa shape index (κ1) is 19.1. The molecule has 0 unspecified atom stereocenters. The van der Waals surface area contributed by atoms with Crippen molar-refractivity contribution < 1.29 is 9.59 Å². The van der Waals surface area contributed by atoms with Gasteiger partial charge in [0.1, 0.15) is 6.04 Å². The highest BCUT2D eigenvalue weighted by Crippen LogP contribution is 2.23. The third-order valence-electron chi connectivity index (χ3n) is 5.59. The van der Waals surface area contributed by atoms with Crippen LogP contribution in [0.5, 0.6) is 0 Å². The van der Waals surface area contributed by atoms with Gasteiger partial charge in [-0.3, -0.25) is 19.5 Å². The second kappa shape index (κ2) is 8.84. The molecule has 1 N–H and O–H groups in total. The number of aromatic nitrogens is 1. The van der Waals surface area contributed by atoms with Crippen LogP contribution in [0.2, 0.25) is 0 Å². The molecule has 7 heteroatoms. The van der Waals surface area contributed by atoms with Crippen LogP contribution in [0, 0.1) is 0 Å². The molecule has 0 spiro atoms. The molecule has 0 bridgehead atoms. The number of thiophene rings is 1. The molecule has 28 heavy (non-hydrogen) atoms. The first-order valence-electron chi connectivity index (χ1n) is 9.98. The summed E-state index contributed by atoms with van der Waals surface area (Å²) in [4.78, 5) is 34.8. The molecule has 2 aromatic heterocycles. The lowest BCUT2D eigenvalue weighted by molar-refractivity contribution is -0.125. The standard InChI is InChI=1S/C21H26N4O2S/c26-20(18-6-3-11-25(18)21(27)19-7-4-14-28-19)23-16-8-12-24(13-9-16)15-17-5-1-2-10-22-17/h1-2,4-5,7,10,14,16,18H,3,6,8-9,11-13,15H2,(H,23,26)/t18-/m0/s1. The maximum Gasteiger partial charge on any atom is 0.264 e. The molecule has 2 aromatic rings. The van der Waals surface area contributed by atoms with Crippen molar-refractivity contribution in [2.24, 2.45) is 0 Å². The largest absolute Gasteiger partial charge is 0.351 e. The van der Waals surface area contributed by atoms with Crippen molar-refractivity contribution >= 4 is 23.2 Å². The average Bonchev–Trinajstić information content (AvgIpc) is 3.42. The Labute approximate surface area is 169 Å². The fourth-order valence-corrected chi connectivity index (χ4v) is 4.76. The molecular weight excluding hydrogens is 372 g/mol. The Morgan fingerprint density at radius 1 is 1.11 bits per heavy atom. The summed E-state index contributed by atoms with van der Waals surface area (Å²) in [6, 6.07) is 9.56. The number of piperidine rings is 1. The quantitative estimate of drug-likeness (QED) is 0.841. The summed E-state index contributed by atoms with van der Waals surface area (Å²) in [5, 5.41) is 5.10. The lowest BCUT2D eigenvalue weighted by atomic mass is 10.0. The second-order valence-electron chi connectivity index (χ2n) is 7.51. The zero-order valence-corrected chi connectivity index (χ0v) is 16.7. The predicted molar refractivity (Wildman–Crippen MR) is 109 cm³/mol. The van der Waals surface area contributed by atoms with Gasteiger partial charge < -0.3 is 10.2 Å². The van der Waals surface area contributed by atoms with Gasteiger partial charge in [0.15, 0.2) is 0 Å². The van der Waals surface area contributed by atoms with E-state index < -0.39 is 0 Å². The van der Waals surface area contributed by atoms with Gasteiger partial charge in [-0.15, -0.1) is 11.3 Å². The molecule has 2 aliphatic rings. The van der Waals surface area contributed by atoms with Crippen LogP contribution in [0.15, 0.2) is 41.9 Å². The van der Waals surface area contributed by atoms with Crippen LogP contribution in [0.1, 0.15) is 41.0 Å². The van der Waals surface area contributed by atoms with E-state index in [4.69, 9.17) is 0 Å². The number of hydrogen-bond donors (Lipinski definition) is 1. The first-order chi connectivity index (χ1) is 13.7. The molecule has 4 heterocycles. The Bertz CT molecular complexity index is 788. The molecule has 0 aliphatic carbocycles.